The number of amides is 1. The molecule has 0 aliphatic rings. The van der Waals surface area contributed by atoms with Gasteiger partial charge in [-0.2, -0.15) is 9.37 Å². The minimum Gasteiger partial charge on any atom is -0.363 e. The minimum absolute atomic E-state index is 0. The number of fused-ring (bicyclic) bond motifs is 1. The van der Waals surface area contributed by atoms with E-state index >= 15 is 0 Å². The van der Waals surface area contributed by atoms with Crippen LogP contribution in [0.1, 0.15) is 10.6 Å². The fourth-order valence-corrected chi connectivity index (χ4v) is 1.15. The Hall–Kier alpha value is -1.46. The average Bonchev–Trinajstić information content (AvgIpc) is 2.17. The van der Waals surface area contributed by atoms with Crippen LogP contribution in [0.3, 0.4) is 0 Å². The van der Waals surface area contributed by atoms with Crippen molar-refractivity contribution in [3.8, 4) is 0 Å². The van der Waals surface area contributed by atoms with Gasteiger partial charge in [0.25, 0.3) is 5.91 Å². The second-order valence-electron chi connectivity index (χ2n) is 2.72. The Morgan fingerprint density at radius 2 is 1.81 bits per heavy atom. The topological polar surface area (TPSA) is 68.9 Å². The molecule has 16 heavy (non-hydrogen) atoms. The van der Waals surface area contributed by atoms with E-state index in [0.29, 0.717) is 5.52 Å². The lowest BCUT2D eigenvalue weighted by Crippen LogP contribution is -2.16. The van der Waals surface area contributed by atoms with Gasteiger partial charge in [-0.15, -0.1) is 24.8 Å². The first-order valence-corrected chi connectivity index (χ1v) is 3.90. The molecular weight excluding hydrogens is 256 g/mol. The molecule has 2 N–H and O–H groups in total. The van der Waals surface area contributed by atoms with E-state index in [9.17, 15) is 9.18 Å². The number of carbonyl (C=O) groups is 1. The van der Waals surface area contributed by atoms with Crippen LogP contribution in [0, 0.1) is 5.95 Å². The third kappa shape index (κ3) is 2.56. The van der Waals surface area contributed by atoms with Gasteiger partial charge in [-0.1, -0.05) is 12.1 Å². The Morgan fingerprint density at radius 1 is 1.19 bits per heavy atom. The number of aromatic nitrogens is 2. The Morgan fingerprint density at radius 3 is 2.44 bits per heavy atom. The van der Waals surface area contributed by atoms with Crippen LogP contribution in [0.15, 0.2) is 24.3 Å². The van der Waals surface area contributed by atoms with Gasteiger partial charge in [-0.25, -0.2) is 4.98 Å². The number of benzene rings is 1. The van der Waals surface area contributed by atoms with Gasteiger partial charge in [0.1, 0.15) is 0 Å². The molecule has 0 spiro atoms. The highest BCUT2D eigenvalue weighted by Gasteiger charge is 2.09. The summed E-state index contributed by atoms with van der Waals surface area (Å²) in [5.74, 6) is -1.87. The molecular formula is C9H8Cl2FN3O. The number of rotatable bonds is 1. The van der Waals surface area contributed by atoms with Gasteiger partial charge in [-0.3, -0.25) is 4.79 Å². The van der Waals surface area contributed by atoms with E-state index in [1.165, 1.54) is 6.07 Å². The standard InChI is InChI=1S/C9H6FN3O.2ClH/c10-7-5-3-1-2-4-6(5)12-9(13-7)8(11)14;;/h1-4H,(H2,11,14);2*1H. The third-order valence-electron chi connectivity index (χ3n) is 1.78. The highest BCUT2D eigenvalue weighted by Crippen LogP contribution is 2.13. The number of para-hydroxylation sites is 1. The summed E-state index contributed by atoms with van der Waals surface area (Å²) in [4.78, 5) is 17.9. The summed E-state index contributed by atoms with van der Waals surface area (Å²) in [6, 6.07) is 6.49. The van der Waals surface area contributed by atoms with Crippen molar-refractivity contribution in [2.45, 2.75) is 0 Å². The van der Waals surface area contributed by atoms with Crippen molar-refractivity contribution in [3.63, 3.8) is 0 Å². The molecule has 1 aromatic heterocycles. The number of primary amides is 1. The monoisotopic (exact) mass is 263 g/mol. The molecule has 1 heterocycles. The maximum Gasteiger partial charge on any atom is 0.286 e. The van der Waals surface area contributed by atoms with Gasteiger partial charge >= 0.3 is 0 Å². The molecule has 86 valence electrons. The lowest BCUT2D eigenvalue weighted by molar-refractivity contribution is 0.0989. The zero-order valence-corrected chi connectivity index (χ0v) is 9.52. The number of carbonyl (C=O) groups excluding carboxylic acids is 1. The number of hydrogen-bond donors (Lipinski definition) is 1. The van der Waals surface area contributed by atoms with E-state index < -0.39 is 11.9 Å². The SMILES string of the molecule is Cl.Cl.NC(=O)c1nc(F)c2ccccc2n1. The molecule has 0 aliphatic heterocycles. The second kappa shape index (κ2) is 5.58. The first-order valence-electron chi connectivity index (χ1n) is 3.90. The molecule has 2 rings (SSSR count). The van der Waals surface area contributed by atoms with Gasteiger partial charge in [0.05, 0.1) is 10.9 Å². The van der Waals surface area contributed by atoms with Gasteiger partial charge < -0.3 is 5.73 Å². The van der Waals surface area contributed by atoms with Crippen molar-refractivity contribution in [1.82, 2.24) is 9.97 Å². The first kappa shape index (κ1) is 14.5. The zero-order valence-electron chi connectivity index (χ0n) is 7.88. The van der Waals surface area contributed by atoms with Crippen molar-refractivity contribution >= 4 is 41.6 Å². The molecule has 2 aromatic rings. The molecule has 7 heteroatoms. The van der Waals surface area contributed by atoms with Crippen LogP contribution >= 0.6 is 24.8 Å². The summed E-state index contributed by atoms with van der Waals surface area (Å²) in [6.45, 7) is 0. The van der Waals surface area contributed by atoms with E-state index in [4.69, 9.17) is 5.73 Å². The number of nitrogens with zero attached hydrogens (tertiary/aromatic N) is 2. The van der Waals surface area contributed by atoms with Crippen LogP contribution in [-0.2, 0) is 0 Å². The van der Waals surface area contributed by atoms with E-state index in [1.807, 2.05) is 0 Å². The first-order chi connectivity index (χ1) is 6.68. The average molecular weight is 264 g/mol. The van der Waals surface area contributed by atoms with Crippen LogP contribution < -0.4 is 5.73 Å². The predicted molar refractivity (Wildman–Crippen MR) is 62.5 cm³/mol. The molecule has 0 radical (unpaired) electrons. The molecule has 0 aliphatic carbocycles. The fourth-order valence-electron chi connectivity index (χ4n) is 1.15. The van der Waals surface area contributed by atoms with E-state index in [-0.39, 0.29) is 36.0 Å². The molecule has 1 aromatic carbocycles. The van der Waals surface area contributed by atoms with Crippen LogP contribution in [0.2, 0.25) is 0 Å². The Balaban J connectivity index is 0.00000112. The molecule has 1 amide bonds. The number of hydrogen-bond acceptors (Lipinski definition) is 3. The Labute approximate surface area is 103 Å². The quantitative estimate of drug-likeness (QED) is 0.797. The molecule has 0 fully saturated rings. The maximum absolute atomic E-state index is 13.2. The number of nitrogens with two attached hydrogens (primary N) is 1. The van der Waals surface area contributed by atoms with Crippen LogP contribution in [0.25, 0.3) is 10.9 Å². The highest BCUT2D eigenvalue weighted by atomic mass is 35.5. The van der Waals surface area contributed by atoms with Crippen molar-refractivity contribution in [1.29, 1.82) is 0 Å². The Bertz CT molecular complexity index is 521. The summed E-state index contributed by atoms with van der Waals surface area (Å²) in [5.41, 5.74) is 5.31. The summed E-state index contributed by atoms with van der Waals surface area (Å²) < 4.78 is 13.2. The lowest BCUT2D eigenvalue weighted by Gasteiger charge is -1.99. The van der Waals surface area contributed by atoms with Crippen LogP contribution in [0.4, 0.5) is 4.39 Å². The summed E-state index contributed by atoms with van der Waals surface area (Å²) >= 11 is 0. The molecule has 0 saturated carbocycles. The lowest BCUT2D eigenvalue weighted by atomic mass is 10.2. The molecule has 0 saturated heterocycles. The molecule has 0 bridgehead atoms. The van der Waals surface area contributed by atoms with Crippen molar-refractivity contribution < 1.29 is 9.18 Å². The van der Waals surface area contributed by atoms with E-state index in [0.717, 1.165) is 0 Å². The van der Waals surface area contributed by atoms with Crippen LogP contribution in [-0.4, -0.2) is 15.9 Å². The second-order valence-corrected chi connectivity index (χ2v) is 2.72. The van der Waals surface area contributed by atoms with Gasteiger partial charge in [-0.05, 0) is 12.1 Å². The van der Waals surface area contributed by atoms with Gasteiger partial charge in [0, 0.05) is 0 Å². The van der Waals surface area contributed by atoms with Crippen molar-refractivity contribution in [2.24, 2.45) is 5.73 Å². The molecule has 0 atom stereocenters. The predicted octanol–water partition coefficient (Wildman–Crippen LogP) is 1.71. The third-order valence-corrected chi connectivity index (χ3v) is 1.78. The van der Waals surface area contributed by atoms with Gasteiger partial charge in [0.15, 0.2) is 0 Å². The molecule has 0 unspecified atom stereocenters. The highest BCUT2D eigenvalue weighted by molar-refractivity contribution is 5.91. The molecule has 4 nitrogen and oxygen atoms in total. The summed E-state index contributed by atoms with van der Waals surface area (Å²) in [7, 11) is 0. The van der Waals surface area contributed by atoms with Crippen LogP contribution in [0.5, 0.6) is 0 Å². The van der Waals surface area contributed by atoms with E-state index in [1.54, 1.807) is 18.2 Å². The van der Waals surface area contributed by atoms with Gasteiger partial charge in [0.2, 0.25) is 11.8 Å². The summed E-state index contributed by atoms with van der Waals surface area (Å²) in [5, 5.41) is 0.275. The summed E-state index contributed by atoms with van der Waals surface area (Å²) in [6.07, 6.45) is 0. The minimum atomic E-state index is -0.838. The maximum atomic E-state index is 13.2. The Kier molecular flexibility index (Phi) is 5.07. The normalized spacial score (nSPS) is 9.06. The largest absolute Gasteiger partial charge is 0.363 e. The zero-order chi connectivity index (χ0) is 10.1. The van der Waals surface area contributed by atoms with Crippen molar-refractivity contribution in [3.05, 3.63) is 36.0 Å². The van der Waals surface area contributed by atoms with Crippen molar-refractivity contribution in [2.75, 3.05) is 0 Å². The smallest absolute Gasteiger partial charge is 0.286 e. The fraction of sp³-hybridized carbons (Fsp3) is 0. The van der Waals surface area contributed by atoms with E-state index in [2.05, 4.69) is 9.97 Å². The number of halogens is 3.